The van der Waals surface area contributed by atoms with Gasteiger partial charge in [-0.15, -0.1) is 0 Å². The van der Waals surface area contributed by atoms with Crippen LogP contribution in [0, 0.1) is 17.3 Å². The minimum Gasteiger partial charge on any atom is -0.494 e. The van der Waals surface area contributed by atoms with Crippen molar-refractivity contribution in [1.82, 2.24) is 0 Å². The summed E-state index contributed by atoms with van der Waals surface area (Å²) in [6.45, 7) is 5.53. The average molecular weight is 523 g/mol. The van der Waals surface area contributed by atoms with Crippen LogP contribution in [0.2, 0.25) is 0 Å². The topological polar surface area (TPSA) is 9.23 Å². The largest absolute Gasteiger partial charge is 0.494 e. The molecule has 0 aromatic heterocycles. The molecule has 216 valence electrons. The standard InChI is InChI=1S/C37H62O/c1-3-5-7-8-9-10-12-24-36-25-28-37(29-26-36,30-27-36)34-20-22-35(23-21-34)38-31-13-15-33-18-16-32(17-19-33)14-11-6-4-2/h20-23,32-33H,3-19,24-31H2,1-2H3. The molecule has 0 N–H and O–H groups in total. The number of fused-ring (bicyclic) bond motifs is 3. The summed E-state index contributed by atoms with van der Waals surface area (Å²) in [6.07, 6.45) is 34.5. The lowest BCUT2D eigenvalue weighted by molar-refractivity contribution is 0.0304. The van der Waals surface area contributed by atoms with Crippen LogP contribution >= 0.6 is 0 Å². The van der Waals surface area contributed by atoms with Gasteiger partial charge < -0.3 is 4.74 Å². The van der Waals surface area contributed by atoms with Crippen molar-refractivity contribution in [2.24, 2.45) is 17.3 Å². The molecule has 4 fully saturated rings. The van der Waals surface area contributed by atoms with E-state index in [4.69, 9.17) is 4.74 Å². The average Bonchev–Trinajstić information content (AvgIpc) is 2.97. The van der Waals surface area contributed by atoms with E-state index < -0.39 is 0 Å². The molecule has 1 heteroatoms. The van der Waals surface area contributed by atoms with Crippen LogP contribution in [-0.4, -0.2) is 6.61 Å². The Morgan fingerprint density at radius 1 is 0.605 bits per heavy atom. The molecule has 1 nitrogen and oxygen atoms in total. The van der Waals surface area contributed by atoms with E-state index in [0.29, 0.717) is 10.8 Å². The maximum atomic E-state index is 6.20. The summed E-state index contributed by atoms with van der Waals surface area (Å²) in [7, 11) is 0. The molecule has 0 spiro atoms. The Balaban J connectivity index is 1.10. The summed E-state index contributed by atoms with van der Waals surface area (Å²) in [5.74, 6) is 3.07. The summed E-state index contributed by atoms with van der Waals surface area (Å²) in [6, 6.07) is 9.40. The molecule has 4 aliphatic carbocycles. The van der Waals surface area contributed by atoms with Gasteiger partial charge in [0.15, 0.2) is 0 Å². The first kappa shape index (κ1) is 30.0. The summed E-state index contributed by atoms with van der Waals surface area (Å²) >= 11 is 0. The Hall–Kier alpha value is -0.980. The number of rotatable bonds is 18. The number of hydrogen-bond donors (Lipinski definition) is 0. The fourth-order valence-corrected chi connectivity index (χ4v) is 8.49. The zero-order valence-corrected chi connectivity index (χ0v) is 25.6. The molecule has 38 heavy (non-hydrogen) atoms. The molecule has 0 aliphatic heterocycles. The van der Waals surface area contributed by atoms with Crippen molar-refractivity contribution >= 4 is 0 Å². The lowest BCUT2D eigenvalue weighted by atomic mass is 9.51. The van der Waals surface area contributed by atoms with E-state index >= 15 is 0 Å². The highest BCUT2D eigenvalue weighted by Gasteiger charge is 2.48. The first-order valence-corrected chi connectivity index (χ1v) is 17.4. The highest BCUT2D eigenvalue weighted by molar-refractivity contribution is 5.34. The van der Waals surface area contributed by atoms with Gasteiger partial charge in [-0.2, -0.15) is 0 Å². The molecular formula is C37H62O. The molecule has 0 amide bonds. The molecule has 1 aromatic carbocycles. The zero-order valence-electron chi connectivity index (χ0n) is 25.6. The van der Waals surface area contributed by atoms with Crippen molar-refractivity contribution in [3.8, 4) is 5.75 Å². The van der Waals surface area contributed by atoms with E-state index in [1.807, 2.05) is 0 Å². The smallest absolute Gasteiger partial charge is 0.119 e. The van der Waals surface area contributed by atoms with Gasteiger partial charge in [0.25, 0.3) is 0 Å². The van der Waals surface area contributed by atoms with E-state index in [1.165, 1.54) is 154 Å². The summed E-state index contributed by atoms with van der Waals surface area (Å²) in [5, 5.41) is 0. The van der Waals surface area contributed by atoms with E-state index in [-0.39, 0.29) is 0 Å². The van der Waals surface area contributed by atoms with Crippen LogP contribution in [-0.2, 0) is 5.41 Å². The van der Waals surface area contributed by atoms with Gasteiger partial charge in [-0.1, -0.05) is 122 Å². The van der Waals surface area contributed by atoms with Crippen LogP contribution < -0.4 is 4.74 Å². The third-order valence-electron chi connectivity index (χ3n) is 11.4. The summed E-state index contributed by atoms with van der Waals surface area (Å²) < 4.78 is 6.20. The highest BCUT2D eigenvalue weighted by atomic mass is 16.5. The predicted octanol–water partition coefficient (Wildman–Crippen LogP) is 12.0. The lowest BCUT2D eigenvalue weighted by Gasteiger charge is -2.54. The maximum absolute atomic E-state index is 6.20. The van der Waals surface area contributed by atoms with Gasteiger partial charge in [0.1, 0.15) is 5.75 Å². The fourth-order valence-electron chi connectivity index (χ4n) is 8.49. The SMILES string of the molecule is CCCCCCCCCC12CCC(c3ccc(OCCCC4CCC(CCCCC)CC4)cc3)(CC1)CC2. The third kappa shape index (κ3) is 8.76. The van der Waals surface area contributed by atoms with E-state index in [0.717, 1.165) is 24.2 Å². The Kier molecular flexibility index (Phi) is 12.4. The predicted molar refractivity (Wildman–Crippen MR) is 165 cm³/mol. The summed E-state index contributed by atoms with van der Waals surface area (Å²) in [4.78, 5) is 0. The van der Waals surface area contributed by atoms with Gasteiger partial charge in [-0.25, -0.2) is 0 Å². The molecule has 1 aromatic rings. The van der Waals surface area contributed by atoms with Crippen molar-refractivity contribution in [2.45, 2.75) is 173 Å². The maximum Gasteiger partial charge on any atom is 0.119 e. The van der Waals surface area contributed by atoms with Gasteiger partial charge in [0.2, 0.25) is 0 Å². The summed E-state index contributed by atoms with van der Waals surface area (Å²) in [5.41, 5.74) is 2.77. The van der Waals surface area contributed by atoms with Crippen LogP contribution in [0.5, 0.6) is 5.75 Å². The Morgan fingerprint density at radius 2 is 1.13 bits per heavy atom. The lowest BCUT2D eigenvalue weighted by Crippen LogP contribution is -2.44. The minimum atomic E-state index is 0.468. The molecule has 0 radical (unpaired) electrons. The van der Waals surface area contributed by atoms with Crippen molar-refractivity contribution in [3.63, 3.8) is 0 Å². The second-order valence-corrected chi connectivity index (χ2v) is 14.0. The van der Waals surface area contributed by atoms with Crippen molar-refractivity contribution in [3.05, 3.63) is 29.8 Å². The number of ether oxygens (including phenoxy) is 1. The molecule has 5 rings (SSSR count). The Bertz CT molecular complexity index is 731. The molecule has 0 saturated heterocycles. The zero-order chi connectivity index (χ0) is 26.5. The van der Waals surface area contributed by atoms with Crippen LogP contribution in [0.4, 0.5) is 0 Å². The number of hydrogen-bond acceptors (Lipinski definition) is 1. The van der Waals surface area contributed by atoms with E-state index in [2.05, 4.69) is 38.1 Å². The van der Waals surface area contributed by atoms with E-state index in [9.17, 15) is 0 Å². The third-order valence-corrected chi connectivity index (χ3v) is 11.4. The van der Waals surface area contributed by atoms with Crippen molar-refractivity contribution in [1.29, 1.82) is 0 Å². The van der Waals surface area contributed by atoms with E-state index in [1.54, 1.807) is 5.56 Å². The Morgan fingerprint density at radius 3 is 1.74 bits per heavy atom. The van der Waals surface area contributed by atoms with Crippen LogP contribution in [0.15, 0.2) is 24.3 Å². The van der Waals surface area contributed by atoms with Gasteiger partial charge >= 0.3 is 0 Å². The first-order chi connectivity index (χ1) is 18.7. The minimum absolute atomic E-state index is 0.468. The van der Waals surface area contributed by atoms with Gasteiger partial charge in [-0.05, 0) is 98.1 Å². The normalized spacial score (nSPS) is 29.0. The van der Waals surface area contributed by atoms with Crippen LogP contribution in [0.1, 0.15) is 174 Å². The van der Waals surface area contributed by atoms with Crippen LogP contribution in [0.25, 0.3) is 0 Å². The molecule has 0 heterocycles. The van der Waals surface area contributed by atoms with Crippen molar-refractivity contribution < 1.29 is 4.74 Å². The fraction of sp³-hybridized carbons (Fsp3) is 0.838. The molecule has 0 unspecified atom stereocenters. The van der Waals surface area contributed by atoms with Gasteiger partial charge in [0, 0.05) is 0 Å². The van der Waals surface area contributed by atoms with Crippen LogP contribution in [0.3, 0.4) is 0 Å². The second kappa shape index (κ2) is 15.7. The number of unbranched alkanes of at least 4 members (excludes halogenated alkanes) is 8. The first-order valence-electron chi connectivity index (χ1n) is 17.4. The molecular weight excluding hydrogens is 460 g/mol. The quantitative estimate of drug-likeness (QED) is 0.174. The van der Waals surface area contributed by atoms with Gasteiger partial charge in [-0.3, -0.25) is 0 Å². The molecule has 2 bridgehead atoms. The number of benzene rings is 1. The highest BCUT2D eigenvalue weighted by Crippen LogP contribution is 2.59. The second-order valence-electron chi connectivity index (χ2n) is 14.0. The van der Waals surface area contributed by atoms with Crippen molar-refractivity contribution in [2.75, 3.05) is 6.61 Å². The molecule has 4 saturated carbocycles. The Labute approximate surface area is 237 Å². The monoisotopic (exact) mass is 522 g/mol. The molecule has 4 aliphatic rings. The van der Waals surface area contributed by atoms with Gasteiger partial charge in [0.05, 0.1) is 6.61 Å². The molecule has 0 atom stereocenters.